The predicted octanol–water partition coefficient (Wildman–Crippen LogP) is 2.28. The minimum Gasteiger partial charge on any atom is -0.352 e. The molecule has 2 aromatic rings. The molecule has 2 amide bonds. The van der Waals surface area contributed by atoms with Crippen LogP contribution in [-0.4, -0.2) is 29.8 Å². The van der Waals surface area contributed by atoms with E-state index in [2.05, 4.69) is 5.32 Å². The van der Waals surface area contributed by atoms with Crippen LogP contribution in [0.1, 0.15) is 22.0 Å². The minimum absolute atomic E-state index is 0.299. The van der Waals surface area contributed by atoms with Crippen molar-refractivity contribution in [1.82, 2.24) is 10.2 Å². The first-order valence-corrected chi connectivity index (χ1v) is 7.16. The van der Waals surface area contributed by atoms with Crippen LogP contribution < -0.4 is 5.32 Å². The van der Waals surface area contributed by atoms with Gasteiger partial charge in [-0.1, -0.05) is 12.1 Å². The van der Waals surface area contributed by atoms with Crippen molar-refractivity contribution >= 4 is 11.8 Å². The van der Waals surface area contributed by atoms with Crippen LogP contribution in [0.2, 0.25) is 0 Å². The molecule has 6 heteroatoms. The lowest BCUT2D eigenvalue weighted by Crippen LogP contribution is -2.52. The van der Waals surface area contributed by atoms with Gasteiger partial charge in [0.05, 0.1) is 0 Å². The number of rotatable bonds is 2. The lowest BCUT2D eigenvalue weighted by molar-refractivity contribution is -0.128. The number of hydrogen-bond acceptors (Lipinski definition) is 2. The maximum atomic E-state index is 13.1. The topological polar surface area (TPSA) is 49.4 Å². The molecule has 23 heavy (non-hydrogen) atoms. The zero-order valence-corrected chi connectivity index (χ0v) is 12.1. The van der Waals surface area contributed by atoms with Crippen LogP contribution in [0.4, 0.5) is 8.78 Å². The molecular formula is C17H14F2N2O2. The molecule has 1 aliphatic heterocycles. The fourth-order valence-corrected chi connectivity index (χ4v) is 2.62. The molecule has 118 valence electrons. The smallest absolute Gasteiger partial charge is 0.254 e. The van der Waals surface area contributed by atoms with Crippen molar-refractivity contribution in [1.29, 1.82) is 0 Å². The number of halogens is 2. The summed E-state index contributed by atoms with van der Waals surface area (Å²) in [6, 6.07) is 9.79. The third kappa shape index (κ3) is 3.06. The summed E-state index contributed by atoms with van der Waals surface area (Å²) in [7, 11) is 0. The highest BCUT2D eigenvalue weighted by atomic mass is 19.1. The molecular weight excluding hydrogens is 302 g/mol. The fraction of sp³-hybridized carbons (Fsp3) is 0.176. The molecule has 1 aliphatic rings. The van der Waals surface area contributed by atoms with Crippen molar-refractivity contribution in [3.63, 3.8) is 0 Å². The van der Waals surface area contributed by atoms with E-state index in [0.717, 1.165) is 0 Å². The normalized spacial score (nSPS) is 17.7. The van der Waals surface area contributed by atoms with Crippen LogP contribution in [0.25, 0.3) is 0 Å². The van der Waals surface area contributed by atoms with E-state index < -0.39 is 17.7 Å². The SMILES string of the molecule is O=C1NCCN(C(=O)c2ccc(F)cc2)C1c1ccc(F)cc1. The van der Waals surface area contributed by atoms with Crippen LogP contribution in [0.3, 0.4) is 0 Å². The van der Waals surface area contributed by atoms with E-state index in [0.29, 0.717) is 24.2 Å². The summed E-state index contributed by atoms with van der Waals surface area (Å²) in [5, 5.41) is 2.70. The molecule has 1 atom stereocenters. The minimum atomic E-state index is -0.832. The summed E-state index contributed by atoms with van der Waals surface area (Å²) in [4.78, 5) is 26.3. The van der Waals surface area contributed by atoms with Crippen molar-refractivity contribution in [2.75, 3.05) is 13.1 Å². The van der Waals surface area contributed by atoms with E-state index in [4.69, 9.17) is 0 Å². The van der Waals surface area contributed by atoms with E-state index in [1.54, 1.807) is 0 Å². The predicted molar refractivity (Wildman–Crippen MR) is 79.6 cm³/mol. The van der Waals surface area contributed by atoms with Gasteiger partial charge in [-0.05, 0) is 42.0 Å². The van der Waals surface area contributed by atoms with Gasteiger partial charge >= 0.3 is 0 Å². The van der Waals surface area contributed by atoms with Crippen LogP contribution in [0.15, 0.2) is 48.5 Å². The van der Waals surface area contributed by atoms with Crippen molar-refractivity contribution in [3.05, 3.63) is 71.3 Å². The zero-order valence-electron chi connectivity index (χ0n) is 12.1. The van der Waals surface area contributed by atoms with Gasteiger partial charge in [-0.2, -0.15) is 0 Å². The van der Waals surface area contributed by atoms with Gasteiger partial charge in [0.2, 0.25) is 5.91 Å². The number of nitrogens with one attached hydrogen (secondary N) is 1. The average molecular weight is 316 g/mol. The van der Waals surface area contributed by atoms with E-state index >= 15 is 0 Å². The third-order valence-corrected chi connectivity index (χ3v) is 3.75. The lowest BCUT2D eigenvalue weighted by Gasteiger charge is -2.35. The number of carbonyl (C=O) groups is 2. The van der Waals surface area contributed by atoms with E-state index in [1.165, 1.54) is 53.4 Å². The molecule has 0 spiro atoms. The molecule has 2 aromatic carbocycles. The molecule has 4 nitrogen and oxygen atoms in total. The van der Waals surface area contributed by atoms with Gasteiger partial charge in [0.25, 0.3) is 5.91 Å². The molecule has 1 fully saturated rings. The van der Waals surface area contributed by atoms with E-state index in [9.17, 15) is 18.4 Å². The second kappa shape index (κ2) is 6.16. The number of nitrogens with zero attached hydrogens (tertiary/aromatic N) is 1. The van der Waals surface area contributed by atoms with Crippen molar-refractivity contribution in [2.24, 2.45) is 0 Å². The number of piperazine rings is 1. The lowest BCUT2D eigenvalue weighted by atomic mass is 10.0. The summed E-state index contributed by atoms with van der Waals surface area (Å²) < 4.78 is 26.1. The van der Waals surface area contributed by atoms with Gasteiger partial charge in [0.15, 0.2) is 0 Å². The molecule has 0 bridgehead atoms. The first kappa shape index (κ1) is 15.1. The molecule has 3 rings (SSSR count). The van der Waals surface area contributed by atoms with Crippen LogP contribution >= 0.6 is 0 Å². The van der Waals surface area contributed by atoms with Crippen molar-refractivity contribution < 1.29 is 18.4 Å². The molecule has 1 heterocycles. The number of amides is 2. The highest BCUT2D eigenvalue weighted by molar-refractivity contribution is 5.98. The van der Waals surface area contributed by atoms with Crippen molar-refractivity contribution in [3.8, 4) is 0 Å². The first-order chi connectivity index (χ1) is 11.1. The Balaban J connectivity index is 1.94. The Kier molecular flexibility index (Phi) is 4.06. The highest BCUT2D eigenvalue weighted by Gasteiger charge is 2.34. The first-order valence-electron chi connectivity index (χ1n) is 7.16. The molecule has 0 aromatic heterocycles. The second-order valence-corrected chi connectivity index (χ2v) is 5.25. The van der Waals surface area contributed by atoms with Crippen molar-refractivity contribution in [2.45, 2.75) is 6.04 Å². The van der Waals surface area contributed by atoms with Crippen LogP contribution in [0, 0.1) is 11.6 Å². The van der Waals surface area contributed by atoms with Gasteiger partial charge in [0.1, 0.15) is 17.7 Å². The molecule has 0 aliphatic carbocycles. The summed E-state index contributed by atoms with van der Waals surface area (Å²) in [5.74, 6) is -1.54. The third-order valence-electron chi connectivity index (χ3n) is 3.75. The number of hydrogen-bond donors (Lipinski definition) is 1. The second-order valence-electron chi connectivity index (χ2n) is 5.25. The van der Waals surface area contributed by atoms with Crippen LogP contribution in [0.5, 0.6) is 0 Å². The maximum absolute atomic E-state index is 13.1. The Morgan fingerprint density at radius 1 is 1.00 bits per heavy atom. The highest BCUT2D eigenvalue weighted by Crippen LogP contribution is 2.25. The van der Waals surface area contributed by atoms with Gasteiger partial charge in [-0.3, -0.25) is 9.59 Å². The number of carbonyl (C=O) groups excluding carboxylic acids is 2. The van der Waals surface area contributed by atoms with E-state index in [1.807, 2.05) is 0 Å². The van der Waals surface area contributed by atoms with Gasteiger partial charge in [-0.25, -0.2) is 8.78 Å². The Hall–Kier alpha value is -2.76. The molecule has 1 unspecified atom stereocenters. The fourth-order valence-electron chi connectivity index (χ4n) is 2.62. The summed E-state index contributed by atoms with van der Waals surface area (Å²) in [5.41, 5.74) is 0.826. The Morgan fingerprint density at radius 3 is 2.17 bits per heavy atom. The van der Waals surface area contributed by atoms with Crippen LogP contribution in [-0.2, 0) is 4.79 Å². The Morgan fingerprint density at radius 2 is 1.57 bits per heavy atom. The quantitative estimate of drug-likeness (QED) is 0.924. The van der Waals surface area contributed by atoms with Gasteiger partial charge < -0.3 is 10.2 Å². The molecule has 1 saturated heterocycles. The monoisotopic (exact) mass is 316 g/mol. The maximum Gasteiger partial charge on any atom is 0.254 e. The standard InChI is InChI=1S/C17H14F2N2O2/c18-13-5-1-11(2-6-13)15-16(22)20-9-10-21(15)17(23)12-3-7-14(19)8-4-12/h1-8,15H,9-10H2,(H,20,22). The largest absolute Gasteiger partial charge is 0.352 e. The Labute approximate surface area is 131 Å². The van der Waals surface area contributed by atoms with Gasteiger partial charge in [-0.15, -0.1) is 0 Å². The molecule has 1 N–H and O–H groups in total. The van der Waals surface area contributed by atoms with Gasteiger partial charge in [0, 0.05) is 18.7 Å². The van der Waals surface area contributed by atoms with E-state index in [-0.39, 0.29) is 11.8 Å². The zero-order chi connectivity index (χ0) is 16.4. The summed E-state index contributed by atoms with van der Waals surface area (Å²) in [6.45, 7) is 0.660. The molecule has 0 saturated carbocycles. The average Bonchev–Trinajstić information content (AvgIpc) is 2.56. The number of benzene rings is 2. The summed E-state index contributed by atoms with van der Waals surface area (Å²) >= 11 is 0. The molecule has 0 radical (unpaired) electrons. The Bertz CT molecular complexity index is 729. The summed E-state index contributed by atoms with van der Waals surface area (Å²) in [6.07, 6.45) is 0.